The number of anilines is 1. The molecule has 0 unspecified atom stereocenters. The molecule has 1 atom stereocenters. The van der Waals surface area contributed by atoms with Crippen LogP contribution in [-0.2, 0) is 16.1 Å². The van der Waals surface area contributed by atoms with Crippen LogP contribution in [0.5, 0.6) is 0 Å². The van der Waals surface area contributed by atoms with Crippen LogP contribution in [0.4, 0.5) is 5.69 Å². The predicted molar refractivity (Wildman–Crippen MR) is 92.1 cm³/mol. The number of amides is 2. The summed E-state index contributed by atoms with van der Waals surface area (Å²) in [7, 11) is 1.60. The number of likely N-dealkylation sites (N-methyl/N-ethyl adjacent to an activating group) is 1. The van der Waals surface area contributed by atoms with E-state index >= 15 is 0 Å². The molecule has 6 heteroatoms. The normalized spacial score (nSPS) is 12.9. The van der Waals surface area contributed by atoms with Crippen molar-refractivity contribution in [2.24, 2.45) is 11.1 Å². The summed E-state index contributed by atoms with van der Waals surface area (Å²) in [6, 6.07) is 6.93. The van der Waals surface area contributed by atoms with Gasteiger partial charge in [0.2, 0.25) is 11.8 Å². The van der Waals surface area contributed by atoms with Crippen LogP contribution in [0, 0.1) is 5.41 Å². The summed E-state index contributed by atoms with van der Waals surface area (Å²) in [5.74, 6) is -0.298. The molecular weight excluding hydrogens is 292 g/mol. The number of hydrogen-bond acceptors (Lipinski definition) is 3. The fourth-order valence-electron chi connectivity index (χ4n) is 2.25. The molecule has 23 heavy (non-hydrogen) atoms. The monoisotopic (exact) mass is 316 g/mol. The Morgan fingerprint density at radius 3 is 2.57 bits per heavy atom. The molecule has 6 nitrogen and oxygen atoms in total. The Balaban J connectivity index is 2.24. The van der Waals surface area contributed by atoms with Gasteiger partial charge < -0.3 is 20.9 Å². The maximum absolute atomic E-state index is 12.2. The van der Waals surface area contributed by atoms with Gasteiger partial charge in [-0.3, -0.25) is 9.59 Å². The van der Waals surface area contributed by atoms with Gasteiger partial charge in [-0.05, 0) is 29.0 Å². The van der Waals surface area contributed by atoms with Gasteiger partial charge in [0.05, 0.1) is 11.6 Å². The number of nitrogens with two attached hydrogens (primary N) is 1. The first-order valence-electron chi connectivity index (χ1n) is 7.58. The van der Waals surface area contributed by atoms with Crippen molar-refractivity contribution in [2.45, 2.75) is 33.4 Å². The highest BCUT2D eigenvalue weighted by Crippen LogP contribution is 2.22. The zero-order chi connectivity index (χ0) is 17.2. The molecule has 0 radical (unpaired) electrons. The van der Waals surface area contributed by atoms with Crippen LogP contribution in [0.1, 0.15) is 20.8 Å². The Bertz CT molecular complexity index is 728. The van der Waals surface area contributed by atoms with E-state index in [1.807, 2.05) is 55.8 Å². The topological polar surface area (TPSA) is 89.2 Å². The third-order valence-corrected chi connectivity index (χ3v) is 3.85. The lowest BCUT2D eigenvalue weighted by Gasteiger charge is -2.25. The van der Waals surface area contributed by atoms with Gasteiger partial charge in [-0.25, -0.2) is 0 Å². The van der Waals surface area contributed by atoms with Crippen LogP contribution in [0.2, 0.25) is 0 Å². The minimum absolute atomic E-state index is 0.0771. The molecule has 0 fully saturated rings. The largest absolute Gasteiger partial charge is 0.358 e. The predicted octanol–water partition coefficient (Wildman–Crippen LogP) is 1.70. The Morgan fingerprint density at radius 1 is 1.26 bits per heavy atom. The second kappa shape index (κ2) is 6.42. The van der Waals surface area contributed by atoms with Crippen LogP contribution in [-0.4, -0.2) is 29.5 Å². The quantitative estimate of drug-likeness (QED) is 0.802. The van der Waals surface area contributed by atoms with Crippen molar-refractivity contribution >= 4 is 28.4 Å². The molecule has 2 aromatic rings. The first-order chi connectivity index (χ1) is 10.7. The summed E-state index contributed by atoms with van der Waals surface area (Å²) >= 11 is 0. The van der Waals surface area contributed by atoms with E-state index in [4.69, 9.17) is 5.73 Å². The van der Waals surface area contributed by atoms with Gasteiger partial charge in [0.15, 0.2) is 0 Å². The van der Waals surface area contributed by atoms with Gasteiger partial charge in [-0.1, -0.05) is 26.8 Å². The number of benzene rings is 1. The number of rotatable bonds is 4. The minimum atomic E-state index is -0.601. The Morgan fingerprint density at radius 2 is 1.96 bits per heavy atom. The zero-order valence-electron chi connectivity index (χ0n) is 14.0. The third kappa shape index (κ3) is 3.90. The van der Waals surface area contributed by atoms with E-state index in [-0.39, 0.29) is 23.8 Å². The molecule has 0 aliphatic carbocycles. The fraction of sp³-hybridized carbons (Fsp3) is 0.412. The summed E-state index contributed by atoms with van der Waals surface area (Å²) in [5, 5.41) is 6.45. The van der Waals surface area contributed by atoms with Crippen LogP contribution >= 0.6 is 0 Å². The van der Waals surface area contributed by atoms with Crippen molar-refractivity contribution in [3.63, 3.8) is 0 Å². The molecule has 0 spiro atoms. The summed E-state index contributed by atoms with van der Waals surface area (Å²) in [6.45, 7) is 6.01. The van der Waals surface area contributed by atoms with Gasteiger partial charge in [0.1, 0.15) is 6.54 Å². The van der Waals surface area contributed by atoms with Crippen molar-refractivity contribution < 1.29 is 9.59 Å². The van der Waals surface area contributed by atoms with Gasteiger partial charge in [-0.15, -0.1) is 0 Å². The maximum atomic E-state index is 12.2. The average molecular weight is 316 g/mol. The van der Waals surface area contributed by atoms with Gasteiger partial charge in [-0.2, -0.15) is 0 Å². The summed E-state index contributed by atoms with van der Waals surface area (Å²) in [4.78, 5) is 23.8. The van der Waals surface area contributed by atoms with E-state index in [2.05, 4.69) is 10.6 Å². The number of nitrogens with one attached hydrogen (secondary N) is 2. The van der Waals surface area contributed by atoms with Crippen LogP contribution in [0.25, 0.3) is 10.9 Å². The highest BCUT2D eigenvalue weighted by Gasteiger charge is 2.27. The molecule has 0 bridgehead atoms. The van der Waals surface area contributed by atoms with E-state index < -0.39 is 6.04 Å². The lowest BCUT2D eigenvalue weighted by atomic mass is 9.87. The molecule has 2 rings (SSSR count). The van der Waals surface area contributed by atoms with E-state index in [1.165, 1.54) is 0 Å². The molecule has 1 heterocycles. The lowest BCUT2D eigenvalue weighted by Crippen LogP contribution is -2.45. The van der Waals surface area contributed by atoms with E-state index in [1.54, 1.807) is 7.05 Å². The van der Waals surface area contributed by atoms with E-state index in [9.17, 15) is 9.59 Å². The molecular formula is C17H24N4O2. The zero-order valence-corrected chi connectivity index (χ0v) is 14.0. The Hall–Kier alpha value is -2.34. The molecule has 2 amide bonds. The van der Waals surface area contributed by atoms with Crippen molar-refractivity contribution in [3.8, 4) is 0 Å². The van der Waals surface area contributed by atoms with Crippen molar-refractivity contribution in [2.75, 3.05) is 12.4 Å². The molecule has 0 aliphatic rings. The van der Waals surface area contributed by atoms with Gasteiger partial charge in [0.25, 0.3) is 0 Å². The summed E-state index contributed by atoms with van der Waals surface area (Å²) in [6.07, 6.45) is 1.85. The summed E-state index contributed by atoms with van der Waals surface area (Å²) < 4.78 is 1.84. The van der Waals surface area contributed by atoms with E-state index in [0.29, 0.717) is 5.69 Å². The molecule has 1 aromatic heterocycles. The Kier molecular flexibility index (Phi) is 4.75. The van der Waals surface area contributed by atoms with Crippen molar-refractivity contribution in [1.82, 2.24) is 9.88 Å². The lowest BCUT2D eigenvalue weighted by molar-refractivity contribution is -0.121. The molecule has 4 N–H and O–H groups in total. The standard InChI is InChI=1S/C17H24N4O2/c1-17(2,3)15(18)16(23)20-12-6-5-11-7-8-21(13(11)9-12)10-14(22)19-4/h5-9,15H,10,18H2,1-4H3,(H,19,22)(H,20,23)/t15-/m1/s1. The van der Waals surface area contributed by atoms with Crippen LogP contribution in [0.15, 0.2) is 30.5 Å². The average Bonchev–Trinajstić information content (AvgIpc) is 2.87. The molecule has 0 saturated heterocycles. The first-order valence-corrected chi connectivity index (χ1v) is 7.58. The fourth-order valence-corrected chi connectivity index (χ4v) is 2.25. The Labute approximate surface area is 136 Å². The third-order valence-electron chi connectivity index (χ3n) is 3.85. The molecule has 0 aliphatic heterocycles. The second-order valence-corrected chi connectivity index (χ2v) is 6.72. The summed E-state index contributed by atoms with van der Waals surface area (Å²) in [5.41, 5.74) is 7.22. The highest BCUT2D eigenvalue weighted by molar-refractivity contribution is 5.97. The van der Waals surface area contributed by atoms with Gasteiger partial charge in [0, 0.05) is 18.9 Å². The SMILES string of the molecule is CNC(=O)Cn1ccc2ccc(NC(=O)[C@@H](N)C(C)(C)C)cc21. The number of aromatic nitrogens is 1. The minimum Gasteiger partial charge on any atom is -0.358 e. The number of fused-ring (bicyclic) bond motifs is 1. The van der Waals surface area contributed by atoms with Crippen molar-refractivity contribution in [3.05, 3.63) is 30.5 Å². The number of nitrogens with zero attached hydrogens (tertiary/aromatic N) is 1. The van der Waals surface area contributed by atoms with Gasteiger partial charge >= 0.3 is 0 Å². The molecule has 1 aromatic carbocycles. The van der Waals surface area contributed by atoms with Crippen LogP contribution < -0.4 is 16.4 Å². The molecule has 0 saturated carbocycles. The second-order valence-electron chi connectivity index (χ2n) is 6.72. The van der Waals surface area contributed by atoms with Crippen LogP contribution in [0.3, 0.4) is 0 Å². The number of carbonyl (C=O) groups excluding carboxylic acids is 2. The van der Waals surface area contributed by atoms with Crippen molar-refractivity contribution in [1.29, 1.82) is 0 Å². The smallest absolute Gasteiger partial charge is 0.241 e. The molecule has 124 valence electrons. The number of carbonyl (C=O) groups is 2. The first kappa shape index (κ1) is 17.0. The maximum Gasteiger partial charge on any atom is 0.241 e. The highest BCUT2D eigenvalue weighted by atomic mass is 16.2. The van der Waals surface area contributed by atoms with E-state index in [0.717, 1.165) is 10.9 Å². The number of hydrogen-bond donors (Lipinski definition) is 3.